The van der Waals surface area contributed by atoms with Crippen LogP contribution in [-0.2, 0) is 11.2 Å². The molecular formula is C15H23N3O2. The van der Waals surface area contributed by atoms with Crippen LogP contribution < -0.4 is 16.0 Å². The van der Waals surface area contributed by atoms with E-state index in [-0.39, 0.29) is 24.0 Å². The van der Waals surface area contributed by atoms with Crippen molar-refractivity contribution in [3.8, 4) is 0 Å². The van der Waals surface area contributed by atoms with E-state index in [0.29, 0.717) is 6.54 Å². The Morgan fingerprint density at radius 3 is 2.30 bits per heavy atom. The Bertz CT molecular complexity index is 438. The number of urea groups is 1. The van der Waals surface area contributed by atoms with Crippen LogP contribution in [0.4, 0.5) is 4.79 Å². The van der Waals surface area contributed by atoms with Crippen molar-refractivity contribution in [3.63, 3.8) is 0 Å². The molecule has 0 spiro atoms. The summed E-state index contributed by atoms with van der Waals surface area (Å²) < 4.78 is 0. The van der Waals surface area contributed by atoms with Crippen LogP contribution in [0.15, 0.2) is 30.3 Å². The number of rotatable bonds is 5. The fourth-order valence-corrected chi connectivity index (χ4v) is 1.65. The highest BCUT2D eigenvalue weighted by atomic mass is 16.2. The molecule has 0 radical (unpaired) electrons. The summed E-state index contributed by atoms with van der Waals surface area (Å²) in [5, 5.41) is 8.02. The molecule has 1 rings (SSSR count). The van der Waals surface area contributed by atoms with Gasteiger partial charge in [-0.15, -0.1) is 0 Å². The molecule has 0 aliphatic carbocycles. The van der Waals surface area contributed by atoms with Gasteiger partial charge in [-0.25, -0.2) is 4.79 Å². The molecule has 0 atom stereocenters. The Morgan fingerprint density at radius 2 is 1.70 bits per heavy atom. The van der Waals surface area contributed by atoms with Gasteiger partial charge in [-0.3, -0.25) is 4.79 Å². The van der Waals surface area contributed by atoms with Crippen molar-refractivity contribution in [2.45, 2.75) is 32.7 Å². The SMILES string of the molecule is CC(C)(C)NC(=O)CNC(=O)NCCc1ccccc1. The van der Waals surface area contributed by atoms with E-state index in [4.69, 9.17) is 0 Å². The summed E-state index contributed by atoms with van der Waals surface area (Å²) in [5.74, 6) is -0.198. The van der Waals surface area contributed by atoms with E-state index in [2.05, 4.69) is 16.0 Å². The fourth-order valence-electron chi connectivity index (χ4n) is 1.65. The van der Waals surface area contributed by atoms with E-state index < -0.39 is 0 Å². The van der Waals surface area contributed by atoms with Crippen LogP contribution in [0.25, 0.3) is 0 Å². The molecule has 110 valence electrons. The minimum Gasteiger partial charge on any atom is -0.350 e. The lowest BCUT2D eigenvalue weighted by molar-refractivity contribution is -0.121. The molecule has 3 amide bonds. The zero-order valence-electron chi connectivity index (χ0n) is 12.3. The Morgan fingerprint density at radius 1 is 1.05 bits per heavy atom. The maximum absolute atomic E-state index is 11.5. The van der Waals surface area contributed by atoms with Gasteiger partial charge < -0.3 is 16.0 Å². The monoisotopic (exact) mass is 277 g/mol. The summed E-state index contributed by atoms with van der Waals surface area (Å²) >= 11 is 0. The van der Waals surface area contributed by atoms with Crippen LogP contribution >= 0.6 is 0 Å². The van der Waals surface area contributed by atoms with Gasteiger partial charge in [-0.2, -0.15) is 0 Å². The van der Waals surface area contributed by atoms with Crippen molar-refractivity contribution < 1.29 is 9.59 Å². The summed E-state index contributed by atoms with van der Waals surface area (Å²) in [6, 6.07) is 9.58. The van der Waals surface area contributed by atoms with Crippen molar-refractivity contribution in [1.82, 2.24) is 16.0 Å². The molecule has 0 heterocycles. The van der Waals surface area contributed by atoms with Gasteiger partial charge in [0.05, 0.1) is 6.54 Å². The second-order valence-corrected chi connectivity index (χ2v) is 5.64. The molecule has 20 heavy (non-hydrogen) atoms. The predicted octanol–water partition coefficient (Wildman–Crippen LogP) is 1.44. The highest BCUT2D eigenvalue weighted by Crippen LogP contribution is 1.98. The number of hydrogen-bond donors (Lipinski definition) is 3. The zero-order chi connectivity index (χ0) is 15.0. The van der Waals surface area contributed by atoms with Crippen LogP contribution in [0, 0.1) is 0 Å². The van der Waals surface area contributed by atoms with Gasteiger partial charge in [0.25, 0.3) is 0 Å². The molecule has 0 unspecified atom stereocenters. The smallest absolute Gasteiger partial charge is 0.315 e. The summed E-state index contributed by atoms with van der Waals surface area (Å²) in [7, 11) is 0. The molecule has 5 nitrogen and oxygen atoms in total. The Balaban J connectivity index is 2.16. The predicted molar refractivity (Wildman–Crippen MR) is 79.4 cm³/mol. The van der Waals surface area contributed by atoms with E-state index >= 15 is 0 Å². The lowest BCUT2D eigenvalue weighted by Gasteiger charge is -2.20. The highest BCUT2D eigenvalue weighted by Gasteiger charge is 2.13. The standard InChI is InChI=1S/C15H23N3O2/c1-15(2,3)18-13(19)11-17-14(20)16-10-9-12-7-5-4-6-8-12/h4-8H,9-11H2,1-3H3,(H,18,19)(H2,16,17,20). The van der Waals surface area contributed by atoms with Gasteiger partial charge in [0.1, 0.15) is 0 Å². The Kier molecular flexibility index (Phi) is 6.03. The first-order valence-electron chi connectivity index (χ1n) is 6.73. The molecule has 0 bridgehead atoms. The quantitative estimate of drug-likeness (QED) is 0.762. The second-order valence-electron chi connectivity index (χ2n) is 5.64. The topological polar surface area (TPSA) is 70.2 Å². The summed E-state index contributed by atoms with van der Waals surface area (Å²) in [6.07, 6.45) is 0.766. The van der Waals surface area contributed by atoms with Crippen LogP contribution in [-0.4, -0.2) is 30.6 Å². The van der Waals surface area contributed by atoms with E-state index in [1.54, 1.807) is 0 Å². The molecular weight excluding hydrogens is 254 g/mol. The molecule has 0 saturated heterocycles. The average Bonchev–Trinajstić information content (AvgIpc) is 2.36. The molecule has 0 aromatic heterocycles. The van der Waals surface area contributed by atoms with Crippen molar-refractivity contribution in [2.75, 3.05) is 13.1 Å². The minimum absolute atomic E-state index is 0.0194. The molecule has 0 fully saturated rings. The molecule has 1 aromatic rings. The van der Waals surface area contributed by atoms with Crippen LogP contribution in [0.3, 0.4) is 0 Å². The first kappa shape index (κ1) is 16.0. The number of carbonyl (C=O) groups excluding carboxylic acids is 2. The normalized spacial score (nSPS) is 10.8. The van der Waals surface area contributed by atoms with Gasteiger partial charge in [0.2, 0.25) is 5.91 Å². The third-order valence-corrected chi connectivity index (χ3v) is 2.47. The lowest BCUT2D eigenvalue weighted by atomic mass is 10.1. The first-order valence-corrected chi connectivity index (χ1v) is 6.73. The summed E-state index contributed by atoms with van der Waals surface area (Å²) in [6.45, 7) is 6.20. The molecule has 0 aliphatic heterocycles. The summed E-state index contributed by atoms with van der Waals surface area (Å²) in [4.78, 5) is 23.0. The average molecular weight is 277 g/mol. The third-order valence-electron chi connectivity index (χ3n) is 2.47. The molecule has 5 heteroatoms. The Hall–Kier alpha value is -2.04. The number of hydrogen-bond acceptors (Lipinski definition) is 2. The number of carbonyl (C=O) groups is 2. The van der Waals surface area contributed by atoms with Crippen molar-refractivity contribution in [1.29, 1.82) is 0 Å². The highest BCUT2D eigenvalue weighted by molar-refractivity contribution is 5.84. The van der Waals surface area contributed by atoms with Gasteiger partial charge in [0, 0.05) is 12.1 Å². The Labute approximate surface area is 120 Å². The van der Waals surface area contributed by atoms with Crippen molar-refractivity contribution >= 4 is 11.9 Å². The van der Waals surface area contributed by atoms with Gasteiger partial charge in [-0.1, -0.05) is 30.3 Å². The van der Waals surface area contributed by atoms with E-state index in [1.165, 1.54) is 5.56 Å². The molecule has 1 aromatic carbocycles. The second kappa shape index (κ2) is 7.53. The van der Waals surface area contributed by atoms with Gasteiger partial charge in [0.15, 0.2) is 0 Å². The van der Waals surface area contributed by atoms with E-state index in [1.807, 2.05) is 51.1 Å². The van der Waals surface area contributed by atoms with E-state index in [9.17, 15) is 9.59 Å². The van der Waals surface area contributed by atoms with Crippen LogP contribution in [0.5, 0.6) is 0 Å². The maximum Gasteiger partial charge on any atom is 0.315 e. The van der Waals surface area contributed by atoms with Gasteiger partial charge >= 0.3 is 6.03 Å². The largest absolute Gasteiger partial charge is 0.350 e. The zero-order valence-corrected chi connectivity index (χ0v) is 12.3. The van der Waals surface area contributed by atoms with Gasteiger partial charge in [-0.05, 0) is 32.8 Å². The molecule has 0 saturated carbocycles. The first-order chi connectivity index (χ1) is 9.37. The van der Waals surface area contributed by atoms with Crippen molar-refractivity contribution in [3.05, 3.63) is 35.9 Å². The van der Waals surface area contributed by atoms with E-state index in [0.717, 1.165) is 6.42 Å². The number of amides is 3. The van der Waals surface area contributed by atoms with Crippen LogP contribution in [0.1, 0.15) is 26.3 Å². The van der Waals surface area contributed by atoms with Crippen LogP contribution in [0.2, 0.25) is 0 Å². The lowest BCUT2D eigenvalue weighted by Crippen LogP contribution is -2.47. The number of benzene rings is 1. The summed E-state index contributed by atoms with van der Waals surface area (Å²) in [5.41, 5.74) is 0.876. The minimum atomic E-state index is -0.329. The molecule has 0 aliphatic rings. The number of nitrogens with one attached hydrogen (secondary N) is 3. The third kappa shape index (κ3) is 7.41. The fraction of sp³-hybridized carbons (Fsp3) is 0.467. The molecule has 3 N–H and O–H groups in total. The maximum atomic E-state index is 11.5. The van der Waals surface area contributed by atoms with Crippen molar-refractivity contribution in [2.24, 2.45) is 0 Å².